The van der Waals surface area contributed by atoms with Crippen LogP contribution in [-0.4, -0.2) is 16.3 Å². The Hall–Kier alpha value is -5.52. The Balaban J connectivity index is 1.30. The molecule has 0 unspecified atom stereocenters. The Morgan fingerprint density at radius 1 is 0.765 bits per heavy atom. The number of hydrogen-bond acceptors (Lipinski definition) is 5. The maximum absolute atomic E-state index is 10.7. The van der Waals surface area contributed by atoms with Gasteiger partial charge in [-0.05, 0) is 82.5 Å². The fraction of sp³-hybridized carbons (Fsp3) is 0.174. The first-order valence-corrected chi connectivity index (χ1v) is 18.4. The summed E-state index contributed by atoms with van der Waals surface area (Å²) in [5, 5.41) is 13.8. The van der Waals surface area contributed by atoms with Crippen LogP contribution < -0.4 is 0 Å². The molecule has 4 nitrogen and oxygen atoms in total. The third-order valence-electron chi connectivity index (χ3n) is 9.46. The number of aliphatic imine (C=N–C) groups is 1. The van der Waals surface area contributed by atoms with Gasteiger partial charge >= 0.3 is 0 Å². The fourth-order valence-corrected chi connectivity index (χ4v) is 7.92. The van der Waals surface area contributed by atoms with Crippen molar-refractivity contribution in [2.75, 3.05) is 0 Å². The number of hydrogen-bond donors (Lipinski definition) is 1. The molecule has 0 aliphatic rings. The molecule has 0 aliphatic heterocycles. The second kappa shape index (κ2) is 13.0. The number of nitrogens with zero attached hydrogens (tertiary/aromatic N) is 2. The molecule has 0 fully saturated rings. The summed E-state index contributed by atoms with van der Waals surface area (Å²) in [6, 6.07) is 41.9. The Morgan fingerprint density at radius 3 is 2.37 bits per heavy atom. The minimum atomic E-state index is -0.0474. The average Bonchev–Trinajstić information content (AvgIpc) is 3.72. The first kappa shape index (κ1) is 32.7. The van der Waals surface area contributed by atoms with E-state index in [4.69, 9.17) is 14.4 Å². The molecule has 252 valence electrons. The standard InChI is InChI=1S/C46H40N2O2S/c1-28(2)22-29-12-10-13-30(23-29)31-25-38(36-17-11-16-35-34-14-7-9-19-41(34)50-44(35)36)43-42(26-31)51-45(48-43)37-15-6-8-18-39(37)47-27-32-24-33(46(3,4)5)20-21-40(32)49/h6-21,23-28,49H,22H2,1-5H3. The number of aromatic hydroxyl groups is 1. The summed E-state index contributed by atoms with van der Waals surface area (Å²) in [7, 11) is 0. The normalized spacial score (nSPS) is 12.3. The first-order valence-electron chi connectivity index (χ1n) is 17.5. The number of aromatic nitrogens is 1. The third kappa shape index (κ3) is 6.34. The average molecular weight is 685 g/mol. The summed E-state index contributed by atoms with van der Waals surface area (Å²) >= 11 is 1.67. The number of rotatable bonds is 7. The van der Waals surface area contributed by atoms with E-state index in [-0.39, 0.29) is 11.2 Å². The van der Waals surface area contributed by atoms with Crippen molar-refractivity contribution in [3.63, 3.8) is 0 Å². The molecule has 0 saturated carbocycles. The molecule has 5 heteroatoms. The Morgan fingerprint density at radius 2 is 1.53 bits per heavy atom. The monoisotopic (exact) mass is 684 g/mol. The van der Waals surface area contributed by atoms with E-state index in [1.807, 2.05) is 42.5 Å². The SMILES string of the molecule is CC(C)Cc1cccc(-c2cc(-c3cccc4c3oc3ccccc34)c3nc(-c4ccccc4N=Cc4cc(C(C)(C)C)ccc4O)sc3c2)c1. The molecule has 0 atom stereocenters. The number of phenolic OH excluding ortho intramolecular Hbond substituents is 1. The number of phenols is 1. The molecule has 0 saturated heterocycles. The topological polar surface area (TPSA) is 58.6 Å². The van der Waals surface area contributed by atoms with Crippen molar-refractivity contribution < 1.29 is 9.52 Å². The van der Waals surface area contributed by atoms with Crippen LogP contribution in [0.15, 0.2) is 131 Å². The number of para-hydroxylation sites is 3. The van der Waals surface area contributed by atoms with Gasteiger partial charge < -0.3 is 9.52 Å². The largest absolute Gasteiger partial charge is 0.507 e. The van der Waals surface area contributed by atoms with Crippen LogP contribution in [0, 0.1) is 5.92 Å². The quantitative estimate of drug-likeness (QED) is 0.170. The molecule has 0 bridgehead atoms. The zero-order chi connectivity index (χ0) is 35.3. The van der Waals surface area contributed by atoms with Gasteiger partial charge in [0, 0.05) is 39.2 Å². The van der Waals surface area contributed by atoms with Gasteiger partial charge in [-0.25, -0.2) is 4.98 Å². The van der Waals surface area contributed by atoms with Gasteiger partial charge in [-0.3, -0.25) is 4.99 Å². The van der Waals surface area contributed by atoms with Crippen molar-refractivity contribution in [3.05, 3.63) is 138 Å². The maximum Gasteiger partial charge on any atom is 0.143 e. The highest BCUT2D eigenvalue weighted by Gasteiger charge is 2.20. The number of benzene rings is 6. The lowest BCUT2D eigenvalue weighted by Gasteiger charge is -2.19. The van der Waals surface area contributed by atoms with E-state index in [0.717, 1.165) is 77.1 Å². The van der Waals surface area contributed by atoms with Crippen molar-refractivity contribution in [3.8, 4) is 38.6 Å². The van der Waals surface area contributed by atoms with Crippen LogP contribution in [0.3, 0.4) is 0 Å². The van der Waals surface area contributed by atoms with Crippen molar-refractivity contribution in [1.29, 1.82) is 0 Å². The first-order chi connectivity index (χ1) is 24.6. The minimum absolute atomic E-state index is 0.0474. The molecular weight excluding hydrogens is 645 g/mol. The van der Waals surface area contributed by atoms with Gasteiger partial charge in [-0.15, -0.1) is 11.3 Å². The maximum atomic E-state index is 10.7. The summed E-state index contributed by atoms with van der Waals surface area (Å²) in [5.41, 5.74) is 11.9. The Kier molecular flexibility index (Phi) is 8.32. The molecule has 51 heavy (non-hydrogen) atoms. The predicted octanol–water partition coefficient (Wildman–Crippen LogP) is 13.1. The smallest absolute Gasteiger partial charge is 0.143 e. The van der Waals surface area contributed by atoms with Crippen LogP contribution in [0.1, 0.15) is 51.3 Å². The highest BCUT2D eigenvalue weighted by atomic mass is 32.1. The van der Waals surface area contributed by atoms with E-state index in [2.05, 4.69) is 107 Å². The van der Waals surface area contributed by atoms with Crippen molar-refractivity contribution in [2.24, 2.45) is 10.9 Å². The third-order valence-corrected chi connectivity index (χ3v) is 10.5. The number of fused-ring (bicyclic) bond motifs is 4. The van der Waals surface area contributed by atoms with Gasteiger partial charge in [0.2, 0.25) is 0 Å². The summed E-state index contributed by atoms with van der Waals surface area (Å²) in [6.07, 6.45) is 2.79. The summed E-state index contributed by atoms with van der Waals surface area (Å²) in [6.45, 7) is 11.0. The Labute approximate surface area is 302 Å². The van der Waals surface area contributed by atoms with E-state index in [9.17, 15) is 5.11 Å². The molecule has 2 heterocycles. The zero-order valence-corrected chi connectivity index (χ0v) is 30.4. The van der Waals surface area contributed by atoms with Gasteiger partial charge in [0.25, 0.3) is 0 Å². The molecule has 6 aromatic carbocycles. The molecule has 0 radical (unpaired) electrons. The second-order valence-corrected chi connectivity index (χ2v) is 15.8. The molecule has 2 aromatic heterocycles. The van der Waals surface area contributed by atoms with E-state index < -0.39 is 0 Å². The highest BCUT2D eigenvalue weighted by molar-refractivity contribution is 7.21. The molecule has 8 rings (SSSR count). The van der Waals surface area contributed by atoms with Crippen LogP contribution in [0.25, 0.3) is 65.0 Å². The lowest BCUT2D eigenvalue weighted by atomic mass is 9.86. The molecule has 0 amide bonds. The van der Waals surface area contributed by atoms with E-state index in [1.165, 1.54) is 11.1 Å². The van der Waals surface area contributed by atoms with Crippen molar-refractivity contribution in [1.82, 2.24) is 4.98 Å². The summed E-state index contributed by atoms with van der Waals surface area (Å²) in [4.78, 5) is 10.3. The summed E-state index contributed by atoms with van der Waals surface area (Å²) in [5.74, 6) is 0.778. The van der Waals surface area contributed by atoms with Crippen molar-refractivity contribution >= 4 is 55.4 Å². The zero-order valence-electron chi connectivity index (χ0n) is 29.6. The fourth-order valence-electron chi connectivity index (χ4n) is 6.86. The Bertz CT molecular complexity index is 2600. The molecule has 0 aliphatic carbocycles. The lowest BCUT2D eigenvalue weighted by Crippen LogP contribution is -2.11. The predicted molar refractivity (Wildman–Crippen MR) is 216 cm³/mol. The minimum Gasteiger partial charge on any atom is -0.507 e. The number of thiazole rings is 1. The highest BCUT2D eigenvalue weighted by Crippen LogP contribution is 2.44. The number of furan rings is 1. The van der Waals surface area contributed by atoms with Crippen LogP contribution in [-0.2, 0) is 11.8 Å². The molecule has 0 spiro atoms. The molecular formula is C46H40N2O2S. The molecule has 1 N–H and O–H groups in total. The van der Waals surface area contributed by atoms with Crippen LogP contribution >= 0.6 is 11.3 Å². The lowest BCUT2D eigenvalue weighted by molar-refractivity contribution is 0.473. The van der Waals surface area contributed by atoms with Gasteiger partial charge in [0.15, 0.2) is 0 Å². The van der Waals surface area contributed by atoms with E-state index in [0.29, 0.717) is 11.5 Å². The van der Waals surface area contributed by atoms with Crippen molar-refractivity contribution in [2.45, 2.75) is 46.5 Å². The van der Waals surface area contributed by atoms with Gasteiger partial charge in [0.1, 0.15) is 21.9 Å². The van der Waals surface area contributed by atoms with E-state index in [1.54, 1.807) is 23.6 Å². The van der Waals surface area contributed by atoms with Crippen LogP contribution in [0.2, 0.25) is 0 Å². The van der Waals surface area contributed by atoms with Crippen LogP contribution in [0.4, 0.5) is 5.69 Å². The second-order valence-electron chi connectivity index (χ2n) is 14.8. The van der Waals surface area contributed by atoms with Gasteiger partial charge in [-0.2, -0.15) is 0 Å². The van der Waals surface area contributed by atoms with E-state index >= 15 is 0 Å². The molecule has 8 aromatic rings. The van der Waals surface area contributed by atoms with Gasteiger partial charge in [0.05, 0.1) is 15.9 Å². The van der Waals surface area contributed by atoms with Gasteiger partial charge in [-0.1, -0.05) is 113 Å². The summed E-state index contributed by atoms with van der Waals surface area (Å²) < 4.78 is 7.65. The van der Waals surface area contributed by atoms with Crippen LogP contribution in [0.5, 0.6) is 5.75 Å².